The Morgan fingerprint density at radius 3 is 2.88 bits per heavy atom. The smallest absolute Gasteiger partial charge is 0.223 e. The van der Waals surface area contributed by atoms with Gasteiger partial charge in [0.05, 0.1) is 9.50 Å². The van der Waals surface area contributed by atoms with Crippen molar-refractivity contribution in [3.05, 3.63) is 34.0 Å². The van der Waals surface area contributed by atoms with E-state index in [1.54, 1.807) is 31.6 Å². The molecule has 17 heavy (non-hydrogen) atoms. The zero-order valence-corrected chi connectivity index (χ0v) is 12.0. The van der Waals surface area contributed by atoms with Crippen LogP contribution in [0, 0.1) is 0 Å². The summed E-state index contributed by atoms with van der Waals surface area (Å²) in [7, 11) is 1.77. The SMILES string of the molecule is CNc1ncc(Br)c(Sc2ncccc2Cl)n1. The second-order valence-corrected chi connectivity index (χ2v) is 5.23. The average Bonchev–Trinajstić information content (AvgIpc) is 2.35. The van der Waals surface area contributed by atoms with E-state index in [0.29, 0.717) is 11.0 Å². The highest BCUT2D eigenvalue weighted by Crippen LogP contribution is 2.34. The lowest BCUT2D eigenvalue weighted by Gasteiger charge is -2.05. The summed E-state index contributed by atoms with van der Waals surface area (Å²) in [4.78, 5) is 12.6. The van der Waals surface area contributed by atoms with E-state index in [1.165, 1.54) is 11.8 Å². The lowest BCUT2D eigenvalue weighted by atomic mass is 10.5. The van der Waals surface area contributed by atoms with Gasteiger partial charge >= 0.3 is 0 Å². The van der Waals surface area contributed by atoms with Crippen LogP contribution in [0.2, 0.25) is 5.02 Å². The van der Waals surface area contributed by atoms with Crippen LogP contribution in [0.3, 0.4) is 0 Å². The summed E-state index contributed by atoms with van der Waals surface area (Å²) in [5.41, 5.74) is 0. The zero-order valence-electron chi connectivity index (χ0n) is 8.82. The first kappa shape index (κ1) is 12.6. The van der Waals surface area contributed by atoms with Gasteiger partial charge in [0, 0.05) is 19.4 Å². The van der Waals surface area contributed by atoms with E-state index >= 15 is 0 Å². The molecule has 0 aromatic carbocycles. The van der Waals surface area contributed by atoms with Crippen LogP contribution < -0.4 is 5.32 Å². The summed E-state index contributed by atoms with van der Waals surface area (Å²) in [5.74, 6) is 0.558. The number of nitrogens with one attached hydrogen (secondary N) is 1. The van der Waals surface area contributed by atoms with Crippen LogP contribution in [0.15, 0.2) is 39.1 Å². The van der Waals surface area contributed by atoms with Gasteiger partial charge < -0.3 is 5.32 Å². The van der Waals surface area contributed by atoms with E-state index < -0.39 is 0 Å². The van der Waals surface area contributed by atoms with E-state index in [0.717, 1.165) is 14.5 Å². The summed E-state index contributed by atoms with van der Waals surface area (Å²) in [6.07, 6.45) is 3.39. The number of hydrogen-bond donors (Lipinski definition) is 1. The van der Waals surface area contributed by atoms with Gasteiger partial charge in [-0.3, -0.25) is 0 Å². The molecule has 0 amide bonds. The van der Waals surface area contributed by atoms with Crippen molar-refractivity contribution in [2.45, 2.75) is 10.1 Å². The first-order valence-corrected chi connectivity index (χ1v) is 6.68. The fourth-order valence-corrected chi connectivity index (χ4v) is 2.50. The molecule has 0 fully saturated rings. The molecular weight excluding hydrogens is 324 g/mol. The topological polar surface area (TPSA) is 50.7 Å². The molecule has 2 heterocycles. The van der Waals surface area contributed by atoms with Crippen molar-refractivity contribution >= 4 is 45.2 Å². The highest BCUT2D eigenvalue weighted by molar-refractivity contribution is 9.10. The highest BCUT2D eigenvalue weighted by Gasteiger charge is 2.09. The quantitative estimate of drug-likeness (QED) is 0.873. The predicted octanol–water partition coefficient (Wildman–Crippen LogP) is 3.48. The minimum atomic E-state index is 0.558. The fourth-order valence-electron chi connectivity index (χ4n) is 1.08. The number of nitrogens with zero attached hydrogens (tertiary/aromatic N) is 3. The molecule has 0 saturated carbocycles. The standard InChI is InChI=1S/C10H8BrClN4S/c1-13-10-15-5-6(11)8(16-10)17-9-7(12)3-2-4-14-9/h2-5H,1H3,(H,13,15,16). The summed E-state index contributed by atoms with van der Waals surface area (Å²) in [6.45, 7) is 0. The number of aromatic nitrogens is 3. The summed E-state index contributed by atoms with van der Waals surface area (Å²) in [6, 6.07) is 3.59. The van der Waals surface area contributed by atoms with Gasteiger partial charge in [-0.25, -0.2) is 15.0 Å². The molecule has 1 N–H and O–H groups in total. The van der Waals surface area contributed by atoms with Crippen molar-refractivity contribution in [2.75, 3.05) is 12.4 Å². The molecule has 4 nitrogen and oxygen atoms in total. The van der Waals surface area contributed by atoms with Gasteiger partial charge in [-0.1, -0.05) is 11.6 Å². The minimum Gasteiger partial charge on any atom is -0.357 e. The monoisotopic (exact) mass is 330 g/mol. The minimum absolute atomic E-state index is 0.558. The van der Waals surface area contributed by atoms with Gasteiger partial charge in [-0.05, 0) is 39.8 Å². The maximum atomic E-state index is 6.04. The molecule has 0 aliphatic carbocycles. The molecule has 7 heteroatoms. The third-order valence-electron chi connectivity index (χ3n) is 1.85. The normalized spacial score (nSPS) is 10.3. The zero-order chi connectivity index (χ0) is 12.3. The number of halogens is 2. The number of rotatable bonds is 3. The molecule has 0 saturated heterocycles. The van der Waals surface area contributed by atoms with E-state index in [-0.39, 0.29) is 0 Å². The summed E-state index contributed by atoms with van der Waals surface area (Å²) in [5, 5.41) is 4.98. The predicted molar refractivity (Wildman–Crippen MR) is 72.6 cm³/mol. The molecule has 0 atom stereocenters. The van der Waals surface area contributed by atoms with Crippen LogP contribution in [-0.4, -0.2) is 22.0 Å². The van der Waals surface area contributed by atoms with Gasteiger partial charge in [0.25, 0.3) is 0 Å². The van der Waals surface area contributed by atoms with E-state index in [9.17, 15) is 0 Å². The molecule has 0 bridgehead atoms. The molecule has 2 aromatic heterocycles. The Morgan fingerprint density at radius 1 is 1.35 bits per heavy atom. The van der Waals surface area contributed by atoms with Crippen molar-refractivity contribution in [1.82, 2.24) is 15.0 Å². The first-order chi connectivity index (χ1) is 8.20. The third-order valence-corrected chi connectivity index (χ3v) is 4.14. The van der Waals surface area contributed by atoms with Crippen LogP contribution in [-0.2, 0) is 0 Å². The Labute approximate surface area is 116 Å². The van der Waals surface area contributed by atoms with Crippen LogP contribution in [0.5, 0.6) is 0 Å². The molecule has 88 valence electrons. The maximum absolute atomic E-state index is 6.04. The Balaban J connectivity index is 2.32. The number of pyridine rings is 1. The Hall–Kier alpha value is -0.850. The number of anilines is 1. The Bertz CT molecular complexity index is 537. The van der Waals surface area contributed by atoms with Crippen molar-refractivity contribution in [3.63, 3.8) is 0 Å². The van der Waals surface area contributed by atoms with Crippen LogP contribution >= 0.6 is 39.3 Å². The molecule has 0 spiro atoms. The molecule has 0 radical (unpaired) electrons. The molecule has 0 aliphatic rings. The van der Waals surface area contributed by atoms with Crippen molar-refractivity contribution in [1.29, 1.82) is 0 Å². The molecular formula is C10H8BrClN4S. The van der Waals surface area contributed by atoms with Crippen LogP contribution in [0.25, 0.3) is 0 Å². The number of hydrogen-bond acceptors (Lipinski definition) is 5. The second-order valence-electron chi connectivity index (χ2n) is 2.99. The Kier molecular flexibility index (Phi) is 4.20. The third kappa shape index (κ3) is 3.08. The van der Waals surface area contributed by atoms with Crippen molar-refractivity contribution in [2.24, 2.45) is 0 Å². The first-order valence-electron chi connectivity index (χ1n) is 4.69. The lowest BCUT2D eigenvalue weighted by Crippen LogP contribution is -1.97. The van der Waals surface area contributed by atoms with Gasteiger partial charge in [0.2, 0.25) is 5.95 Å². The van der Waals surface area contributed by atoms with E-state index in [1.807, 2.05) is 0 Å². The molecule has 0 aliphatic heterocycles. The highest BCUT2D eigenvalue weighted by atomic mass is 79.9. The van der Waals surface area contributed by atoms with Crippen LogP contribution in [0.4, 0.5) is 5.95 Å². The summed E-state index contributed by atoms with van der Waals surface area (Å²) >= 11 is 10.8. The van der Waals surface area contributed by atoms with Crippen LogP contribution in [0.1, 0.15) is 0 Å². The summed E-state index contributed by atoms with van der Waals surface area (Å²) < 4.78 is 0.809. The maximum Gasteiger partial charge on any atom is 0.223 e. The lowest BCUT2D eigenvalue weighted by molar-refractivity contribution is 1.02. The van der Waals surface area contributed by atoms with Crippen molar-refractivity contribution < 1.29 is 0 Å². The fraction of sp³-hybridized carbons (Fsp3) is 0.100. The molecule has 2 rings (SSSR count). The van der Waals surface area contributed by atoms with Crippen molar-refractivity contribution in [3.8, 4) is 0 Å². The average molecular weight is 332 g/mol. The Morgan fingerprint density at radius 2 is 2.18 bits per heavy atom. The van der Waals surface area contributed by atoms with E-state index in [4.69, 9.17) is 11.6 Å². The van der Waals surface area contributed by atoms with Gasteiger partial charge in [-0.15, -0.1) is 0 Å². The largest absolute Gasteiger partial charge is 0.357 e. The molecule has 0 unspecified atom stereocenters. The van der Waals surface area contributed by atoms with Gasteiger partial charge in [0.15, 0.2) is 0 Å². The van der Waals surface area contributed by atoms with Gasteiger partial charge in [0.1, 0.15) is 10.1 Å². The van der Waals surface area contributed by atoms with E-state index in [2.05, 4.69) is 36.2 Å². The second kappa shape index (κ2) is 5.66. The van der Waals surface area contributed by atoms with Gasteiger partial charge in [-0.2, -0.15) is 0 Å². The molecule has 2 aromatic rings.